The molecule has 1 atom stereocenters. The van der Waals surface area contributed by atoms with Gasteiger partial charge in [-0.1, -0.05) is 12.1 Å². The first kappa shape index (κ1) is 20.4. The summed E-state index contributed by atoms with van der Waals surface area (Å²) in [6, 6.07) is 4.45. The Labute approximate surface area is 148 Å². The maximum absolute atomic E-state index is 13.5. The van der Waals surface area contributed by atoms with Gasteiger partial charge < -0.3 is 16.0 Å². The summed E-state index contributed by atoms with van der Waals surface area (Å²) in [4.78, 5) is 25.7. The first-order chi connectivity index (χ1) is 10.9. The van der Waals surface area contributed by atoms with Crippen molar-refractivity contribution in [2.75, 3.05) is 13.1 Å². The van der Waals surface area contributed by atoms with Crippen LogP contribution in [0.2, 0.25) is 0 Å². The fourth-order valence-electron chi connectivity index (χ4n) is 2.73. The monoisotopic (exact) mass is 357 g/mol. The summed E-state index contributed by atoms with van der Waals surface area (Å²) >= 11 is 0. The summed E-state index contributed by atoms with van der Waals surface area (Å²) in [7, 11) is 0. The van der Waals surface area contributed by atoms with Gasteiger partial charge in [0, 0.05) is 25.6 Å². The first-order valence-corrected chi connectivity index (χ1v) is 7.95. The van der Waals surface area contributed by atoms with Crippen molar-refractivity contribution >= 4 is 24.2 Å². The van der Waals surface area contributed by atoms with Crippen molar-refractivity contribution in [2.24, 2.45) is 11.7 Å². The Morgan fingerprint density at radius 2 is 2.00 bits per heavy atom. The fraction of sp³-hybridized carbons (Fsp3) is 0.529. The lowest BCUT2D eigenvalue weighted by Gasteiger charge is -2.32. The Hall–Kier alpha value is -1.66. The van der Waals surface area contributed by atoms with E-state index in [1.165, 1.54) is 6.07 Å². The number of rotatable bonds is 4. The van der Waals surface area contributed by atoms with Crippen LogP contribution >= 0.6 is 12.4 Å². The molecule has 0 aliphatic carbocycles. The number of nitrogens with zero attached hydrogens (tertiary/aromatic N) is 1. The molecule has 0 aromatic heterocycles. The number of amides is 2. The maximum atomic E-state index is 13.5. The Morgan fingerprint density at radius 1 is 1.38 bits per heavy atom. The van der Waals surface area contributed by atoms with Crippen molar-refractivity contribution in [2.45, 2.75) is 39.3 Å². The van der Waals surface area contributed by atoms with Gasteiger partial charge >= 0.3 is 0 Å². The predicted octanol–water partition coefficient (Wildman–Crippen LogP) is 1.76. The van der Waals surface area contributed by atoms with Crippen LogP contribution in [-0.4, -0.2) is 35.8 Å². The van der Waals surface area contributed by atoms with Gasteiger partial charge in [-0.15, -0.1) is 12.4 Å². The highest BCUT2D eigenvalue weighted by atomic mass is 35.5. The van der Waals surface area contributed by atoms with E-state index in [2.05, 4.69) is 5.32 Å². The molecule has 5 nitrogen and oxygen atoms in total. The molecule has 1 saturated heterocycles. The predicted molar refractivity (Wildman–Crippen MR) is 93.2 cm³/mol. The smallest absolute Gasteiger partial charge is 0.239 e. The molecule has 2 rings (SSSR count). The summed E-state index contributed by atoms with van der Waals surface area (Å²) in [6.07, 6.45) is 1.26. The summed E-state index contributed by atoms with van der Waals surface area (Å²) < 4.78 is 13.5. The molecule has 7 heteroatoms. The maximum Gasteiger partial charge on any atom is 0.239 e. The van der Waals surface area contributed by atoms with Crippen LogP contribution in [0.15, 0.2) is 18.2 Å². The second kappa shape index (κ2) is 8.99. The average Bonchev–Trinajstić information content (AvgIpc) is 2.55. The lowest BCUT2D eigenvalue weighted by atomic mass is 9.95. The second-order valence-electron chi connectivity index (χ2n) is 6.19. The minimum absolute atomic E-state index is 0. The van der Waals surface area contributed by atoms with Gasteiger partial charge in [0.2, 0.25) is 11.8 Å². The van der Waals surface area contributed by atoms with Crippen molar-refractivity contribution in [3.8, 4) is 0 Å². The normalized spacial score (nSPS) is 16.2. The zero-order chi connectivity index (χ0) is 17.0. The van der Waals surface area contributed by atoms with E-state index < -0.39 is 6.04 Å². The minimum Gasteiger partial charge on any atom is -0.352 e. The summed E-state index contributed by atoms with van der Waals surface area (Å²) in [5.74, 6) is -0.486. The van der Waals surface area contributed by atoms with Crippen molar-refractivity contribution in [3.05, 3.63) is 35.1 Å². The van der Waals surface area contributed by atoms with Crippen molar-refractivity contribution < 1.29 is 14.0 Å². The molecule has 0 radical (unpaired) electrons. The van der Waals surface area contributed by atoms with Gasteiger partial charge in [-0.2, -0.15) is 0 Å². The van der Waals surface area contributed by atoms with E-state index in [9.17, 15) is 14.0 Å². The summed E-state index contributed by atoms with van der Waals surface area (Å²) in [6.45, 7) is 4.79. The molecule has 134 valence electrons. The third kappa shape index (κ3) is 5.18. The van der Waals surface area contributed by atoms with Crippen LogP contribution in [0, 0.1) is 18.7 Å². The number of carbonyl (C=O) groups excluding carboxylic acids is 2. The van der Waals surface area contributed by atoms with E-state index in [1.54, 1.807) is 24.8 Å². The van der Waals surface area contributed by atoms with Gasteiger partial charge in [-0.25, -0.2) is 4.39 Å². The van der Waals surface area contributed by atoms with Gasteiger partial charge in [0.05, 0.1) is 6.04 Å². The van der Waals surface area contributed by atoms with Crippen LogP contribution in [0.1, 0.15) is 30.9 Å². The van der Waals surface area contributed by atoms with Crippen molar-refractivity contribution in [3.63, 3.8) is 0 Å². The molecule has 1 aromatic rings. The molecule has 0 bridgehead atoms. The topological polar surface area (TPSA) is 75.4 Å². The SMILES string of the molecule is Cc1ccc(CNC(=O)C2CCN(C(=O)[C@@H](C)N)CC2)cc1F.Cl. The molecule has 2 amide bonds. The van der Waals surface area contributed by atoms with E-state index in [1.807, 2.05) is 6.07 Å². The zero-order valence-corrected chi connectivity index (χ0v) is 14.9. The Balaban J connectivity index is 0.00000288. The van der Waals surface area contributed by atoms with Gasteiger partial charge in [0.25, 0.3) is 0 Å². The third-order valence-electron chi connectivity index (χ3n) is 4.27. The minimum atomic E-state index is -0.503. The number of nitrogens with two attached hydrogens (primary N) is 1. The molecule has 0 unspecified atom stereocenters. The Bertz CT molecular complexity index is 587. The van der Waals surface area contributed by atoms with Gasteiger partial charge in [-0.05, 0) is 43.9 Å². The number of benzene rings is 1. The van der Waals surface area contributed by atoms with Crippen LogP contribution in [-0.2, 0) is 16.1 Å². The Kier molecular flexibility index (Phi) is 7.63. The number of carbonyl (C=O) groups is 2. The van der Waals surface area contributed by atoms with Gasteiger partial charge in [0.15, 0.2) is 0 Å². The molecule has 3 N–H and O–H groups in total. The number of hydrogen-bond donors (Lipinski definition) is 2. The molecule has 1 aliphatic heterocycles. The average molecular weight is 358 g/mol. The molecule has 24 heavy (non-hydrogen) atoms. The van der Waals surface area contributed by atoms with Crippen LogP contribution in [0.3, 0.4) is 0 Å². The van der Waals surface area contributed by atoms with Gasteiger partial charge in [0.1, 0.15) is 5.82 Å². The van der Waals surface area contributed by atoms with E-state index in [4.69, 9.17) is 5.73 Å². The number of nitrogens with one attached hydrogen (secondary N) is 1. The third-order valence-corrected chi connectivity index (χ3v) is 4.27. The quantitative estimate of drug-likeness (QED) is 0.862. The number of halogens is 2. The van der Waals surface area contributed by atoms with Crippen molar-refractivity contribution in [1.82, 2.24) is 10.2 Å². The molecule has 1 aromatic carbocycles. The lowest BCUT2D eigenvalue weighted by Crippen LogP contribution is -2.47. The fourth-order valence-corrected chi connectivity index (χ4v) is 2.73. The summed E-state index contributed by atoms with van der Waals surface area (Å²) in [5.41, 5.74) is 6.93. The van der Waals surface area contributed by atoms with Crippen LogP contribution in [0.5, 0.6) is 0 Å². The molecular formula is C17H25ClFN3O2. The highest BCUT2D eigenvalue weighted by Gasteiger charge is 2.28. The van der Waals surface area contributed by atoms with E-state index in [0.29, 0.717) is 38.0 Å². The number of likely N-dealkylation sites (tertiary alicyclic amines) is 1. The van der Waals surface area contributed by atoms with Crippen molar-refractivity contribution in [1.29, 1.82) is 0 Å². The molecule has 1 heterocycles. The van der Waals surface area contributed by atoms with E-state index in [-0.39, 0.29) is 36.0 Å². The molecular weight excluding hydrogens is 333 g/mol. The number of aryl methyl sites for hydroxylation is 1. The number of hydrogen-bond acceptors (Lipinski definition) is 3. The highest BCUT2D eigenvalue weighted by molar-refractivity contribution is 5.85. The second-order valence-corrected chi connectivity index (χ2v) is 6.19. The van der Waals surface area contributed by atoms with E-state index >= 15 is 0 Å². The van der Waals surface area contributed by atoms with Gasteiger partial charge in [-0.3, -0.25) is 9.59 Å². The summed E-state index contributed by atoms with van der Waals surface area (Å²) in [5, 5.41) is 2.85. The van der Waals surface area contributed by atoms with Crippen LogP contribution in [0.4, 0.5) is 4.39 Å². The lowest BCUT2D eigenvalue weighted by molar-refractivity contribution is -0.136. The molecule has 1 aliphatic rings. The molecule has 1 fully saturated rings. The largest absolute Gasteiger partial charge is 0.352 e. The highest BCUT2D eigenvalue weighted by Crippen LogP contribution is 2.18. The first-order valence-electron chi connectivity index (χ1n) is 7.95. The van der Waals surface area contributed by atoms with Crippen LogP contribution < -0.4 is 11.1 Å². The molecule has 0 saturated carbocycles. The number of piperidine rings is 1. The molecule has 0 spiro atoms. The zero-order valence-electron chi connectivity index (χ0n) is 14.0. The van der Waals surface area contributed by atoms with E-state index in [0.717, 1.165) is 5.56 Å². The standard InChI is InChI=1S/C17H24FN3O2.ClH/c1-11-3-4-13(9-15(11)18)10-20-16(22)14-5-7-21(8-6-14)17(23)12(2)19;/h3-4,9,12,14H,5-8,10,19H2,1-2H3,(H,20,22);1H/t12-;/m1./s1. The Morgan fingerprint density at radius 3 is 2.54 bits per heavy atom. The van der Waals surface area contributed by atoms with Crippen LogP contribution in [0.25, 0.3) is 0 Å².